The third-order valence-corrected chi connectivity index (χ3v) is 8.83. The number of carboxylic acids is 1. The fraction of sp³-hybridized carbons (Fsp3) is 0.438. The van der Waals surface area contributed by atoms with E-state index in [4.69, 9.17) is 4.74 Å². The number of aliphatic carboxylic acids is 1. The van der Waals surface area contributed by atoms with Crippen molar-refractivity contribution >= 4 is 52.1 Å². The van der Waals surface area contributed by atoms with Crippen molar-refractivity contribution in [2.45, 2.75) is 38.6 Å². The Bertz CT molecular complexity index is 1670. The molecule has 46 heavy (non-hydrogen) atoms. The van der Waals surface area contributed by atoms with Crippen molar-refractivity contribution in [2.24, 2.45) is 5.92 Å². The molecule has 1 atom stereocenters. The SMILES string of the molecule is CCOc1nccc(-c2ccc3nc(Nc4cc(N([C@@H](CCSC)C(=O)O)N5CCN(C(=O)CC6CC6)CC5)ccn4)[nH]c3c2)n1. The number of amides is 1. The van der Waals surface area contributed by atoms with Gasteiger partial charge in [-0.3, -0.25) is 9.80 Å². The summed E-state index contributed by atoms with van der Waals surface area (Å²) in [5, 5.41) is 17.5. The highest BCUT2D eigenvalue weighted by Crippen LogP contribution is 2.33. The first-order valence-corrected chi connectivity index (χ1v) is 17.0. The normalized spacial score (nSPS) is 15.9. The Kier molecular flexibility index (Phi) is 9.83. The fourth-order valence-corrected chi connectivity index (χ4v) is 6.12. The first kappa shape index (κ1) is 31.5. The molecule has 4 heterocycles. The minimum atomic E-state index is -0.891. The lowest BCUT2D eigenvalue weighted by molar-refractivity contribution is -0.140. The second-order valence-electron chi connectivity index (χ2n) is 11.5. The first-order valence-electron chi connectivity index (χ1n) is 15.6. The van der Waals surface area contributed by atoms with Crippen LogP contribution < -0.4 is 15.1 Å². The van der Waals surface area contributed by atoms with Gasteiger partial charge < -0.3 is 25.0 Å². The van der Waals surface area contributed by atoms with E-state index in [1.807, 2.05) is 59.5 Å². The van der Waals surface area contributed by atoms with Gasteiger partial charge in [0, 0.05) is 56.6 Å². The van der Waals surface area contributed by atoms with Crippen molar-refractivity contribution in [1.29, 1.82) is 0 Å². The van der Waals surface area contributed by atoms with Gasteiger partial charge in [0.05, 0.1) is 29.0 Å². The maximum atomic E-state index is 12.8. The Morgan fingerprint density at radius 2 is 1.91 bits per heavy atom. The smallest absolute Gasteiger partial charge is 0.327 e. The van der Waals surface area contributed by atoms with E-state index in [1.54, 1.807) is 24.2 Å². The molecule has 1 aliphatic heterocycles. The van der Waals surface area contributed by atoms with Gasteiger partial charge in [0.15, 0.2) is 0 Å². The molecule has 3 aromatic heterocycles. The lowest BCUT2D eigenvalue weighted by Gasteiger charge is -2.44. The second-order valence-corrected chi connectivity index (χ2v) is 12.4. The molecule has 1 aromatic carbocycles. The minimum Gasteiger partial charge on any atom is -0.480 e. The van der Waals surface area contributed by atoms with E-state index < -0.39 is 12.0 Å². The van der Waals surface area contributed by atoms with Crippen molar-refractivity contribution < 1.29 is 19.4 Å². The molecule has 14 heteroatoms. The minimum absolute atomic E-state index is 0.200. The van der Waals surface area contributed by atoms with E-state index in [0.717, 1.165) is 35.1 Å². The maximum Gasteiger partial charge on any atom is 0.327 e. The standard InChI is InChI=1S/C32H39N9O4S/c1-3-45-32-34-12-9-24(37-32)22-6-7-25-26(19-22)36-31(35-25)38-28-20-23(8-11-33-28)41(27(30(43)44)10-17-46-2)40-15-13-39(14-16-40)29(42)18-21-4-5-21/h6-9,11-12,19-21,27H,3-5,10,13-18H2,1-2H3,(H,43,44)(H2,33,35,36,38)/t27-/m0/s1. The van der Waals surface area contributed by atoms with Crippen LogP contribution in [0.25, 0.3) is 22.3 Å². The molecule has 6 rings (SSSR count). The molecular weight excluding hydrogens is 606 g/mol. The number of ether oxygens (including phenoxy) is 1. The van der Waals surface area contributed by atoms with Gasteiger partial charge in [-0.2, -0.15) is 16.7 Å². The Balaban J connectivity index is 1.22. The Labute approximate surface area is 271 Å². The van der Waals surface area contributed by atoms with Crippen molar-refractivity contribution in [2.75, 3.05) is 55.1 Å². The Hall–Kier alpha value is -4.43. The van der Waals surface area contributed by atoms with Gasteiger partial charge in [-0.05, 0) is 68.4 Å². The quantitative estimate of drug-likeness (QED) is 0.178. The average Bonchev–Trinajstić information content (AvgIpc) is 3.79. The van der Waals surface area contributed by atoms with Crippen LogP contribution in [0.15, 0.2) is 48.8 Å². The van der Waals surface area contributed by atoms with E-state index >= 15 is 0 Å². The number of piperazine rings is 1. The number of anilines is 3. The number of nitrogens with one attached hydrogen (secondary N) is 2. The maximum absolute atomic E-state index is 12.8. The van der Waals surface area contributed by atoms with Crippen molar-refractivity contribution in [1.82, 2.24) is 34.8 Å². The third-order valence-electron chi connectivity index (χ3n) is 8.19. The van der Waals surface area contributed by atoms with Crippen LogP contribution in [0.5, 0.6) is 6.01 Å². The van der Waals surface area contributed by atoms with Crippen molar-refractivity contribution in [3.63, 3.8) is 0 Å². The molecular formula is C32H39N9O4S. The largest absolute Gasteiger partial charge is 0.480 e. The van der Waals surface area contributed by atoms with Crippen LogP contribution >= 0.6 is 11.8 Å². The molecule has 2 fully saturated rings. The average molecular weight is 646 g/mol. The topological polar surface area (TPSA) is 153 Å². The number of aromatic nitrogens is 5. The predicted molar refractivity (Wildman–Crippen MR) is 178 cm³/mol. The van der Waals surface area contributed by atoms with Crippen LogP contribution in [0.4, 0.5) is 17.5 Å². The van der Waals surface area contributed by atoms with Gasteiger partial charge in [0.1, 0.15) is 11.9 Å². The molecule has 0 bridgehead atoms. The number of aromatic amines is 1. The van der Waals surface area contributed by atoms with Crippen LogP contribution in [0.1, 0.15) is 32.6 Å². The van der Waals surface area contributed by atoms with E-state index in [1.165, 1.54) is 0 Å². The molecule has 13 nitrogen and oxygen atoms in total. The molecule has 2 aliphatic rings. The third kappa shape index (κ3) is 7.50. The fourth-order valence-electron chi connectivity index (χ4n) is 5.66. The number of hydrogen-bond acceptors (Lipinski definition) is 11. The number of carbonyl (C=O) groups is 2. The zero-order valence-corrected chi connectivity index (χ0v) is 26.9. The van der Waals surface area contributed by atoms with Crippen LogP contribution in [-0.2, 0) is 9.59 Å². The summed E-state index contributed by atoms with van der Waals surface area (Å²) >= 11 is 1.62. The zero-order valence-electron chi connectivity index (χ0n) is 26.1. The monoisotopic (exact) mass is 645 g/mol. The summed E-state index contributed by atoms with van der Waals surface area (Å²) in [6.07, 6.45) is 8.68. The number of nitrogens with zero attached hydrogens (tertiary/aromatic N) is 7. The van der Waals surface area contributed by atoms with Crippen molar-refractivity contribution in [3.05, 3.63) is 48.8 Å². The van der Waals surface area contributed by atoms with Crippen LogP contribution in [0.3, 0.4) is 0 Å². The Morgan fingerprint density at radius 1 is 1.11 bits per heavy atom. The summed E-state index contributed by atoms with van der Waals surface area (Å²) in [4.78, 5) is 48.4. The van der Waals surface area contributed by atoms with Gasteiger partial charge in [-0.15, -0.1) is 0 Å². The van der Waals surface area contributed by atoms with Crippen LogP contribution in [0, 0.1) is 5.92 Å². The highest BCUT2D eigenvalue weighted by Gasteiger charge is 2.34. The van der Waals surface area contributed by atoms with Crippen LogP contribution in [-0.4, -0.2) is 103 Å². The summed E-state index contributed by atoms with van der Waals surface area (Å²) in [7, 11) is 0. The molecule has 1 amide bonds. The first-order chi connectivity index (χ1) is 22.4. The lowest BCUT2D eigenvalue weighted by atomic mass is 10.1. The molecule has 4 aromatic rings. The summed E-state index contributed by atoms with van der Waals surface area (Å²) < 4.78 is 5.45. The molecule has 0 radical (unpaired) electrons. The van der Waals surface area contributed by atoms with Gasteiger partial charge in [-0.25, -0.2) is 24.8 Å². The summed E-state index contributed by atoms with van der Waals surface area (Å²) in [5.74, 6) is 1.57. The number of carboxylic acid groups (broad SMARTS) is 1. The number of benzene rings is 1. The van der Waals surface area contributed by atoms with E-state index in [9.17, 15) is 14.7 Å². The van der Waals surface area contributed by atoms with E-state index in [2.05, 4.69) is 35.2 Å². The number of rotatable bonds is 14. The number of hydrogen-bond donors (Lipinski definition) is 3. The second kappa shape index (κ2) is 14.3. The molecule has 3 N–H and O–H groups in total. The lowest BCUT2D eigenvalue weighted by Crippen LogP contribution is -2.59. The number of pyridine rings is 1. The molecule has 0 spiro atoms. The molecule has 242 valence electrons. The van der Waals surface area contributed by atoms with Gasteiger partial charge >= 0.3 is 12.0 Å². The van der Waals surface area contributed by atoms with Gasteiger partial charge in [-0.1, -0.05) is 6.07 Å². The van der Waals surface area contributed by atoms with E-state index in [0.29, 0.717) is 80.8 Å². The number of thioether (sulfide) groups is 1. The molecule has 1 saturated carbocycles. The molecule has 0 unspecified atom stereocenters. The summed E-state index contributed by atoms with van der Waals surface area (Å²) in [6.45, 7) is 4.60. The molecule has 1 aliphatic carbocycles. The number of H-pyrrole nitrogens is 1. The highest BCUT2D eigenvalue weighted by molar-refractivity contribution is 7.98. The number of carbonyl (C=O) groups excluding carboxylic acids is 1. The van der Waals surface area contributed by atoms with Gasteiger partial charge in [0.2, 0.25) is 11.9 Å². The van der Waals surface area contributed by atoms with Gasteiger partial charge in [0.25, 0.3) is 0 Å². The zero-order chi connectivity index (χ0) is 32.0. The number of fused-ring (bicyclic) bond motifs is 1. The Morgan fingerprint density at radius 3 is 2.65 bits per heavy atom. The van der Waals surface area contributed by atoms with Crippen LogP contribution in [0.2, 0.25) is 0 Å². The summed E-state index contributed by atoms with van der Waals surface area (Å²) in [5.41, 5.74) is 3.91. The number of hydrazine groups is 1. The molecule has 1 saturated heterocycles. The van der Waals surface area contributed by atoms with E-state index in [-0.39, 0.29) is 5.91 Å². The summed E-state index contributed by atoms with van der Waals surface area (Å²) in [6, 6.07) is 10.9. The highest BCUT2D eigenvalue weighted by atomic mass is 32.2. The number of imidazole rings is 1. The van der Waals surface area contributed by atoms with Crippen molar-refractivity contribution in [3.8, 4) is 17.3 Å². The predicted octanol–water partition coefficient (Wildman–Crippen LogP) is 4.43.